The number of rotatable bonds is 1. The molecular weight excluding hydrogens is 207 g/mol. The third-order valence-corrected chi connectivity index (χ3v) is 4.88. The maximum Gasteiger partial charge on any atom is 0.305 e. The molecule has 0 atom stereocenters. The van der Waals surface area contributed by atoms with Crippen molar-refractivity contribution in [2.45, 2.75) is 18.1 Å². The van der Waals surface area contributed by atoms with Gasteiger partial charge in [-0.1, -0.05) is 0 Å². The molecule has 0 aliphatic carbocycles. The van der Waals surface area contributed by atoms with Crippen LogP contribution in [0.3, 0.4) is 0 Å². The van der Waals surface area contributed by atoms with Gasteiger partial charge >= 0.3 is 10.2 Å². The van der Waals surface area contributed by atoms with Gasteiger partial charge in [0.15, 0.2) is 0 Å². The predicted octanol–water partition coefficient (Wildman–Crippen LogP) is -0.137. The number of sulfone groups is 1. The van der Waals surface area contributed by atoms with Gasteiger partial charge in [0.2, 0.25) is 0 Å². The second-order valence-corrected chi connectivity index (χ2v) is 6.75. The van der Waals surface area contributed by atoms with E-state index in [1.807, 2.05) is 0 Å². The third kappa shape index (κ3) is 2.41. The normalized spacial score (nSPS) is 25.4. The minimum atomic E-state index is -4.54. The Balaban J connectivity index is 2.71. The SMILES string of the molecule is O=S1(=O)CCC(S(=O)(=O)F)CC1. The molecule has 7 heteroatoms. The first kappa shape index (κ1) is 9.91. The molecule has 0 unspecified atom stereocenters. The standard InChI is InChI=1S/C5H9FO4S2/c6-12(9,10)5-1-3-11(7,8)4-2-5/h5H,1-4H2. The lowest BCUT2D eigenvalue weighted by molar-refractivity contribution is 0.518. The van der Waals surface area contributed by atoms with E-state index in [0.29, 0.717) is 0 Å². The molecule has 0 amide bonds. The Labute approximate surface area is 70.9 Å². The molecule has 1 aliphatic heterocycles. The van der Waals surface area contributed by atoms with E-state index >= 15 is 0 Å². The smallest absolute Gasteiger partial charge is 0.229 e. The summed E-state index contributed by atoms with van der Waals surface area (Å²) in [7, 11) is -7.65. The van der Waals surface area contributed by atoms with E-state index in [4.69, 9.17) is 0 Å². The first-order valence-corrected chi connectivity index (χ1v) is 6.72. The van der Waals surface area contributed by atoms with Crippen molar-refractivity contribution in [2.75, 3.05) is 11.5 Å². The average molecular weight is 216 g/mol. The average Bonchev–Trinajstić information content (AvgIpc) is 1.83. The van der Waals surface area contributed by atoms with Crippen LogP contribution in [0.15, 0.2) is 0 Å². The third-order valence-electron chi connectivity index (χ3n) is 1.90. The lowest BCUT2D eigenvalue weighted by atomic mass is 10.2. The molecular formula is C5H9FO4S2. The number of halogens is 1. The molecule has 1 aliphatic rings. The van der Waals surface area contributed by atoms with E-state index in [0.717, 1.165) is 0 Å². The first-order chi connectivity index (χ1) is 5.31. The zero-order valence-electron chi connectivity index (χ0n) is 6.23. The summed E-state index contributed by atoms with van der Waals surface area (Å²) in [4.78, 5) is 0. The van der Waals surface area contributed by atoms with Crippen molar-refractivity contribution in [1.29, 1.82) is 0 Å². The van der Waals surface area contributed by atoms with Crippen LogP contribution in [0, 0.1) is 0 Å². The molecule has 0 radical (unpaired) electrons. The summed E-state index contributed by atoms with van der Waals surface area (Å²) in [6.45, 7) is 0. The zero-order valence-corrected chi connectivity index (χ0v) is 7.87. The maximum absolute atomic E-state index is 12.3. The van der Waals surface area contributed by atoms with Crippen LogP contribution < -0.4 is 0 Å². The van der Waals surface area contributed by atoms with E-state index in [2.05, 4.69) is 0 Å². The Hall–Kier alpha value is -0.170. The van der Waals surface area contributed by atoms with Crippen molar-refractivity contribution in [3.63, 3.8) is 0 Å². The molecule has 0 saturated carbocycles. The van der Waals surface area contributed by atoms with Crippen molar-refractivity contribution in [3.05, 3.63) is 0 Å². The Morgan fingerprint density at radius 1 is 1.17 bits per heavy atom. The molecule has 1 fully saturated rings. The van der Waals surface area contributed by atoms with Gasteiger partial charge in [-0.2, -0.15) is 8.42 Å². The van der Waals surface area contributed by atoms with Crippen LogP contribution in [-0.2, 0) is 20.1 Å². The van der Waals surface area contributed by atoms with Crippen LogP contribution in [0.1, 0.15) is 12.8 Å². The molecule has 0 aromatic rings. The quantitative estimate of drug-likeness (QED) is 0.572. The predicted molar refractivity (Wildman–Crippen MR) is 41.7 cm³/mol. The van der Waals surface area contributed by atoms with Crippen LogP contribution >= 0.6 is 0 Å². The number of hydrogen-bond donors (Lipinski definition) is 0. The highest BCUT2D eigenvalue weighted by atomic mass is 32.3. The molecule has 1 heterocycles. The summed E-state index contributed by atoms with van der Waals surface area (Å²) < 4.78 is 54.6. The van der Waals surface area contributed by atoms with Gasteiger partial charge in [0.25, 0.3) is 0 Å². The second kappa shape index (κ2) is 2.95. The van der Waals surface area contributed by atoms with Gasteiger partial charge < -0.3 is 0 Å². The lowest BCUT2D eigenvalue weighted by Crippen LogP contribution is -2.30. The van der Waals surface area contributed by atoms with E-state index < -0.39 is 25.3 Å². The Morgan fingerprint density at radius 3 is 1.92 bits per heavy atom. The van der Waals surface area contributed by atoms with Gasteiger partial charge in [0, 0.05) is 0 Å². The molecule has 0 N–H and O–H groups in total. The lowest BCUT2D eigenvalue weighted by Gasteiger charge is -2.17. The molecule has 1 saturated heterocycles. The minimum absolute atomic E-state index is 0.110. The summed E-state index contributed by atoms with van der Waals surface area (Å²) >= 11 is 0. The van der Waals surface area contributed by atoms with E-state index in [9.17, 15) is 20.7 Å². The molecule has 0 aromatic carbocycles. The molecule has 1 rings (SSSR count). The van der Waals surface area contributed by atoms with Gasteiger partial charge in [-0.05, 0) is 12.8 Å². The Morgan fingerprint density at radius 2 is 1.58 bits per heavy atom. The Kier molecular flexibility index (Phi) is 2.44. The molecule has 0 aromatic heterocycles. The molecule has 72 valence electrons. The van der Waals surface area contributed by atoms with Crippen molar-refractivity contribution in [1.82, 2.24) is 0 Å². The van der Waals surface area contributed by atoms with Crippen LogP contribution in [0.25, 0.3) is 0 Å². The van der Waals surface area contributed by atoms with Gasteiger partial charge in [-0.15, -0.1) is 3.89 Å². The highest BCUT2D eigenvalue weighted by Crippen LogP contribution is 2.20. The fraction of sp³-hybridized carbons (Fsp3) is 1.00. The van der Waals surface area contributed by atoms with E-state index in [1.54, 1.807) is 0 Å². The zero-order chi connectivity index (χ0) is 9.41. The summed E-state index contributed by atoms with van der Waals surface area (Å²) in [5.74, 6) is -0.443. The largest absolute Gasteiger partial charge is 0.305 e. The van der Waals surface area contributed by atoms with Gasteiger partial charge in [-0.25, -0.2) is 8.42 Å². The van der Waals surface area contributed by atoms with Crippen molar-refractivity contribution in [2.24, 2.45) is 0 Å². The van der Waals surface area contributed by atoms with E-state index in [1.165, 1.54) is 0 Å². The fourth-order valence-electron chi connectivity index (χ4n) is 1.15. The second-order valence-electron chi connectivity index (χ2n) is 2.83. The number of hydrogen-bond acceptors (Lipinski definition) is 4. The van der Waals surface area contributed by atoms with Gasteiger partial charge in [0.1, 0.15) is 9.84 Å². The highest BCUT2D eigenvalue weighted by molar-refractivity contribution is 7.91. The van der Waals surface area contributed by atoms with Crippen LogP contribution in [0.4, 0.5) is 3.89 Å². The molecule has 4 nitrogen and oxygen atoms in total. The molecule has 0 spiro atoms. The maximum atomic E-state index is 12.3. The van der Waals surface area contributed by atoms with Crippen molar-refractivity contribution >= 4 is 20.1 Å². The minimum Gasteiger partial charge on any atom is -0.229 e. The van der Waals surface area contributed by atoms with Gasteiger partial charge in [0.05, 0.1) is 16.8 Å². The summed E-state index contributed by atoms with van der Waals surface area (Å²) in [6.07, 6.45) is -0.220. The van der Waals surface area contributed by atoms with E-state index in [-0.39, 0.29) is 24.3 Å². The monoisotopic (exact) mass is 216 g/mol. The highest BCUT2D eigenvalue weighted by Gasteiger charge is 2.32. The van der Waals surface area contributed by atoms with Crippen LogP contribution in [0.5, 0.6) is 0 Å². The Bertz CT molecular complexity index is 341. The summed E-state index contributed by atoms with van der Waals surface area (Å²) in [6, 6.07) is 0. The summed E-state index contributed by atoms with van der Waals surface area (Å²) in [5, 5.41) is -1.11. The molecule has 0 bridgehead atoms. The summed E-state index contributed by atoms with van der Waals surface area (Å²) in [5.41, 5.74) is 0. The van der Waals surface area contributed by atoms with Crippen LogP contribution in [-0.4, -0.2) is 33.6 Å². The fourth-order valence-corrected chi connectivity index (χ4v) is 3.74. The topological polar surface area (TPSA) is 68.3 Å². The van der Waals surface area contributed by atoms with Gasteiger partial charge in [-0.3, -0.25) is 0 Å². The van der Waals surface area contributed by atoms with Crippen molar-refractivity contribution < 1.29 is 20.7 Å². The molecule has 12 heavy (non-hydrogen) atoms. The van der Waals surface area contributed by atoms with Crippen molar-refractivity contribution in [3.8, 4) is 0 Å². The first-order valence-electron chi connectivity index (χ1n) is 3.45. The van der Waals surface area contributed by atoms with Crippen LogP contribution in [0.2, 0.25) is 0 Å².